The molecule has 14 heavy (non-hydrogen) atoms. The van der Waals surface area contributed by atoms with Crippen LogP contribution in [0.1, 0.15) is 11.1 Å². The van der Waals surface area contributed by atoms with Gasteiger partial charge in [0.05, 0.1) is 5.75 Å². The fourth-order valence-electron chi connectivity index (χ4n) is 1.17. The second-order valence-electron chi connectivity index (χ2n) is 3.02. The molecule has 0 aliphatic carbocycles. The first kappa shape index (κ1) is 10.8. The molecule has 1 heterocycles. The highest BCUT2D eigenvalue weighted by molar-refractivity contribution is 7.71. The number of hydrogen-bond acceptors (Lipinski definition) is 4. The molecule has 78 valence electrons. The Labute approximate surface area is 82.6 Å². The Balaban J connectivity index is 3.44. The summed E-state index contributed by atoms with van der Waals surface area (Å²) in [7, 11) is -1.24. The van der Waals surface area contributed by atoms with E-state index < -0.39 is 16.3 Å². The fraction of sp³-hybridized carbons (Fsp3) is 0.375. The van der Waals surface area contributed by atoms with Gasteiger partial charge in [0.2, 0.25) is 0 Å². The van der Waals surface area contributed by atoms with Crippen molar-refractivity contribution in [1.29, 1.82) is 0 Å². The van der Waals surface area contributed by atoms with Crippen LogP contribution in [0.25, 0.3) is 0 Å². The Morgan fingerprint density at radius 3 is 2.57 bits per heavy atom. The number of thiol groups is 1. The van der Waals surface area contributed by atoms with E-state index in [2.05, 4.69) is 0 Å². The number of nitrogens with zero attached hydrogens (tertiary/aromatic N) is 1. The topological polar surface area (TPSA) is 76.4 Å². The van der Waals surface area contributed by atoms with Crippen LogP contribution < -0.4 is 5.56 Å². The number of aromatic hydroxyl groups is 1. The molecule has 1 aromatic rings. The molecule has 1 N–H and O–H groups in total. The summed E-state index contributed by atoms with van der Waals surface area (Å²) >= 11 is 0. The first-order chi connectivity index (χ1) is 6.43. The van der Waals surface area contributed by atoms with Gasteiger partial charge in [0.1, 0.15) is 10.7 Å². The van der Waals surface area contributed by atoms with Gasteiger partial charge in [-0.25, -0.2) is 8.42 Å². The van der Waals surface area contributed by atoms with Crippen LogP contribution in [0.4, 0.5) is 0 Å². The molecule has 0 saturated heterocycles. The molecule has 0 fully saturated rings. The van der Waals surface area contributed by atoms with Crippen LogP contribution in [0.3, 0.4) is 0 Å². The minimum Gasteiger partial charge on any atom is -0.494 e. The molecular formula is C8H11NO4S. The third-order valence-corrected chi connectivity index (χ3v) is 2.59. The number of aryl methyl sites for hydroxylation is 1. The molecule has 0 aliphatic heterocycles. The van der Waals surface area contributed by atoms with Gasteiger partial charge in [0.25, 0.3) is 5.56 Å². The zero-order chi connectivity index (χ0) is 10.9. The lowest BCUT2D eigenvalue weighted by Gasteiger charge is -2.06. The fourth-order valence-corrected chi connectivity index (χ4v) is 1.82. The van der Waals surface area contributed by atoms with Crippen LogP contribution in [-0.4, -0.2) is 18.1 Å². The minimum absolute atomic E-state index is 0.169. The number of aromatic nitrogens is 1. The van der Waals surface area contributed by atoms with Crippen molar-refractivity contribution in [3.63, 3.8) is 0 Å². The number of pyridine rings is 1. The van der Waals surface area contributed by atoms with Crippen LogP contribution in [0, 0.1) is 6.92 Å². The van der Waals surface area contributed by atoms with E-state index in [-0.39, 0.29) is 17.2 Å². The highest BCUT2D eigenvalue weighted by Gasteiger charge is 2.09. The maximum absolute atomic E-state index is 11.5. The van der Waals surface area contributed by atoms with E-state index in [1.54, 1.807) is 6.92 Å². The summed E-state index contributed by atoms with van der Waals surface area (Å²) in [6, 6.07) is 1.37. The SMILES string of the molecule is Cc1cc(O)n(C)c(=O)c1C[SH](=O)=O. The van der Waals surface area contributed by atoms with E-state index in [4.69, 9.17) is 0 Å². The number of rotatable bonds is 2. The molecule has 0 aromatic carbocycles. The largest absolute Gasteiger partial charge is 0.494 e. The normalized spacial score (nSPS) is 10.8. The van der Waals surface area contributed by atoms with Gasteiger partial charge < -0.3 is 5.11 Å². The zero-order valence-electron chi connectivity index (χ0n) is 7.85. The van der Waals surface area contributed by atoms with Gasteiger partial charge in [0, 0.05) is 18.7 Å². The molecule has 0 spiro atoms. The highest BCUT2D eigenvalue weighted by atomic mass is 32.2. The van der Waals surface area contributed by atoms with Gasteiger partial charge in [-0.2, -0.15) is 0 Å². The predicted molar refractivity (Wildman–Crippen MR) is 52.1 cm³/mol. The average molecular weight is 217 g/mol. The van der Waals surface area contributed by atoms with Crippen molar-refractivity contribution >= 4 is 10.7 Å². The zero-order valence-corrected chi connectivity index (χ0v) is 8.75. The maximum atomic E-state index is 11.5. The van der Waals surface area contributed by atoms with Crippen molar-refractivity contribution in [3.05, 3.63) is 27.5 Å². The maximum Gasteiger partial charge on any atom is 0.257 e. The summed E-state index contributed by atoms with van der Waals surface area (Å²) in [6.45, 7) is 1.59. The first-order valence-electron chi connectivity index (χ1n) is 3.93. The molecule has 0 unspecified atom stereocenters. The monoisotopic (exact) mass is 217 g/mol. The van der Waals surface area contributed by atoms with E-state index in [0.717, 1.165) is 4.57 Å². The van der Waals surface area contributed by atoms with E-state index in [9.17, 15) is 18.3 Å². The van der Waals surface area contributed by atoms with E-state index in [1.807, 2.05) is 0 Å². The lowest BCUT2D eigenvalue weighted by atomic mass is 10.2. The Hall–Kier alpha value is -1.30. The van der Waals surface area contributed by atoms with Gasteiger partial charge in [-0.05, 0) is 12.5 Å². The molecule has 0 aliphatic rings. The molecule has 0 amide bonds. The van der Waals surface area contributed by atoms with Gasteiger partial charge in [0.15, 0.2) is 5.88 Å². The predicted octanol–water partition coefficient (Wildman–Crippen LogP) is -0.489. The molecule has 6 heteroatoms. The van der Waals surface area contributed by atoms with E-state index >= 15 is 0 Å². The standard InChI is InChI=1S/C8H11NO4S/c1-5-3-7(10)9(2)8(11)6(5)4-14(12)13/h3,10,14H,4H2,1-2H3. The Morgan fingerprint density at radius 2 is 2.07 bits per heavy atom. The summed E-state index contributed by atoms with van der Waals surface area (Å²) in [6.07, 6.45) is 0. The first-order valence-corrected chi connectivity index (χ1v) is 5.30. The lowest BCUT2D eigenvalue weighted by Crippen LogP contribution is -2.22. The van der Waals surface area contributed by atoms with Gasteiger partial charge in [-0.3, -0.25) is 9.36 Å². The quantitative estimate of drug-likeness (QED) is 0.655. The molecule has 5 nitrogen and oxygen atoms in total. The summed E-state index contributed by atoms with van der Waals surface area (Å²) in [5, 5.41) is 9.25. The summed E-state index contributed by atoms with van der Waals surface area (Å²) in [4.78, 5) is 11.5. The molecule has 1 rings (SSSR count). The van der Waals surface area contributed by atoms with Crippen molar-refractivity contribution in [2.24, 2.45) is 7.05 Å². The van der Waals surface area contributed by atoms with Crippen molar-refractivity contribution in [2.75, 3.05) is 0 Å². The summed E-state index contributed by atoms with van der Waals surface area (Å²) < 4.78 is 22.0. The van der Waals surface area contributed by atoms with E-state index in [1.165, 1.54) is 13.1 Å². The Morgan fingerprint density at radius 1 is 1.50 bits per heavy atom. The molecular weight excluding hydrogens is 206 g/mol. The third kappa shape index (κ3) is 1.95. The van der Waals surface area contributed by atoms with Crippen molar-refractivity contribution < 1.29 is 13.5 Å². The molecule has 0 radical (unpaired) electrons. The second kappa shape index (κ2) is 3.83. The van der Waals surface area contributed by atoms with E-state index in [0.29, 0.717) is 5.56 Å². The van der Waals surface area contributed by atoms with Crippen molar-refractivity contribution in [2.45, 2.75) is 12.7 Å². The van der Waals surface area contributed by atoms with Crippen LogP contribution in [-0.2, 0) is 23.5 Å². The number of hydrogen-bond donors (Lipinski definition) is 2. The average Bonchev–Trinajstić information content (AvgIpc) is 2.09. The van der Waals surface area contributed by atoms with Gasteiger partial charge in [-0.15, -0.1) is 0 Å². The Bertz CT molecular complexity index is 479. The van der Waals surface area contributed by atoms with Crippen LogP contribution in [0.5, 0.6) is 5.88 Å². The second-order valence-corrected chi connectivity index (χ2v) is 4.00. The molecule has 1 aromatic heterocycles. The minimum atomic E-state index is -2.63. The van der Waals surface area contributed by atoms with Gasteiger partial charge >= 0.3 is 0 Å². The third-order valence-electron chi connectivity index (χ3n) is 2.02. The van der Waals surface area contributed by atoms with Crippen LogP contribution in [0.15, 0.2) is 10.9 Å². The van der Waals surface area contributed by atoms with Gasteiger partial charge in [-0.1, -0.05) is 0 Å². The molecule has 0 atom stereocenters. The Kier molecular flexibility index (Phi) is 2.95. The van der Waals surface area contributed by atoms with Crippen molar-refractivity contribution in [3.8, 4) is 5.88 Å². The van der Waals surface area contributed by atoms with Crippen LogP contribution in [0.2, 0.25) is 0 Å². The lowest BCUT2D eigenvalue weighted by molar-refractivity contribution is 0.421. The van der Waals surface area contributed by atoms with Crippen molar-refractivity contribution in [1.82, 2.24) is 4.57 Å². The highest BCUT2D eigenvalue weighted by Crippen LogP contribution is 2.11. The smallest absolute Gasteiger partial charge is 0.257 e. The molecule has 0 saturated carbocycles. The summed E-state index contributed by atoms with van der Waals surface area (Å²) in [5.74, 6) is -0.453. The molecule has 0 bridgehead atoms. The summed E-state index contributed by atoms with van der Waals surface area (Å²) in [5.41, 5.74) is 0.230. The van der Waals surface area contributed by atoms with Crippen LogP contribution >= 0.6 is 0 Å².